The van der Waals surface area contributed by atoms with Crippen molar-refractivity contribution in [2.24, 2.45) is 5.41 Å². The van der Waals surface area contributed by atoms with Gasteiger partial charge in [-0.2, -0.15) is 11.8 Å². The smallest absolute Gasteiger partial charge is 0.414 e. The van der Waals surface area contributed by atoms with Crippen LogP contribution in [0.15, 0.2) is 41.5 Å². The van der Waals surface area contributed by atoms with Gasteiger partial charge in [0.05, 0.1) is 18.8 Å². The molecule has 0 aromatic heterocycles. The Hall–Kier alpha value is -2.65. The van der Waals surface area contributed by atoms with E-state index < -0.39 is 12.2 Å². The number of halogens is 1. The number of ether oxygens (including phenoxy) is 1. The predicted octanol–water partition coefficient (Wildman–Crippen LogP) is 4.69. The molecule has 0 spiro atoms. The Bertz CT molecular complexity index is 1110. The molecule has 3 aliphatic rings. The van der Waals surface area contributed by atoms with Crippen molar-refractivity contribution in [3.05, 3.63) is 52.9 Å². The highest BCUT2D eigenvalue weighted by atomic mass is 32.2. The monoisotopic (exact) mass is 529 g/mol. The molecule has 2 aliphatic heterocycles. The number of ketones is 1. The molecule has 37 heavy (non-hydrogen) atoms. The molecule has 0 radical (unpaired) electrons. The summed E-state index contributed by atoms with van der Waals surface area (Å²) < 4.78 is 20.2. The van der Waals surface area contributed by atoms with Crippen LogP contribution in [0.4, 0.5) is 14.9 Å². The van der Waals surface area contributed by atoms with Crippen molar-refractivity contribution in [3.8, 4) is 0 Å². The van der Waals surface area contributed by atoms with Crippen molar-refractivity contribution in [1.29, 1.82) is 0 Å². The van der Waals surface area contributed by atoms with Gasteiger partial charge >= 0.3 is 6.09 Å². The standard InChI is InChI=1S/C28H36FN3O4S/c1-4-28(3)10-9-21(18(2)14-28)24(33)7-8-26(34)31-15-20-17-32(27(35)36-20)19-5-6-22(23(29)13-19)25-16-30-11-12-37-25/h5-6,9-10,13,20,25,30H,4,7-8,11-12,14-17H2,1-3H3,(H,31,34)/t20?,25?,28-/m1/s1. The average Bonchev–Trinajstić information content (AvgIpc) is 3.27. The van der Waals surface area contributed by atoms with Gasteiger partial charge in [0.1, 0.15) is 11.9 Å². The summed E-state index contributed by atoms with van der Waals surface area (Å²) in [6, 6.07) is 4.84. The molecule has 2 heterocycles. The number of thioether (sulfide) groups is 1. The molecule has 7 nitrogen and oxygen atoms in total. The molecule has 2 N–H and O–H groups in total. The van der Waals surface area contributed by atoms with Crippen LogP contribution in [0.25, 0.3) is 0 Å². The number of cyclic esters (lactones) is 1. The minimum absolute atomic E-state index is 0.0339. The molecule has 1 aliphatic carbocycles. The fraction of sp³-hybridized carbons (Fsp3) is 0.536. The van der Waals surface area contributed by atoms with Gasteiger partial charge in [-0.1, -0.05) is 37.6 Å². The maximum atomic E-state index is 14.8. The van der Waals surface area contributed by atoms with E-state index in [0.717, 1.165) is 30.7 Å². The third-order valence-electron chi connectivity index (χ3n) is 7.44. The molecular weight excluding hydrogens is 493 g/mol. The topological polar surface area (TPSA) is 87.7 Å². The van der Waals surface area contributed by atoms with Gasteiger partial charge in [-0.25, -0.2) is 9.18 Å². The van der Waals surface area contributed by atoms with Crippen LogP contribution < -0.4 is 15.5 Å². The number of allylic oxidation sites excluding steroid dienone is 4. The summed E-state index contributed by atoms with van der Waals surface area (Å²) in [7, 11) is 0. The second-order valence-corrected chi connectivity index (χ2v) is 11.6. The van der Waals surface area contributed by atoms with Crippen molar-refractivity contribution in [3.63, 3.8) is 0 Å². The number of amides is 2. The lowest BCUT2D eigenvalue weighted by molar-refractivity contribution is -0.124. The first-order valence-electron chi connectivity index (χ1n) is 13.0. The third kappa shape index (κ3) is 6.62. The van der Waals surface area contributed by atoms with Gasteiger partial charge in [0.15, 0.2) is 5.78 Å². The summed E-state index contributed by atoms with van der Waals surface area (Å²) in [6.07, 6.45) is 4.93. The molecule has 2 fully saturated rings. The Balaban J connectivity index is 1.24. The van der Waals surface area contributed by atoms with E-state index in [1.165, 1.54) is 11.0 Å². The van der Waals surface area contributed by atoms with Crippen LogP contribution in [-0.4, -0.2) is 55.8 Å². The van der Waals surface area contributed by atoms with Crippen molar-refractivity contribution < 1.29 is 23.5 Å². The summed E-state index contributed by atoms with van der Waals surface area (Å²) in [5.41, 5.74) is 2.91. The predicted molar refractivity (Wildman–Crippen MR) is 144 cm³/mol. The first kappa shape index (κ1) is 27.4. The van der Waals surface area contributed by atoms with E-state index in [9.17, 15) is 18.8 Å². The lowest BCUT2D eigenvalue weighted by Gasteiger charge is -2.29. The number of Topliss-reactive ketones (excluding diaryl/α,β-unsaturated/α-hetero) is 1. The molecule has 2 unspecified atom stereocenters. The van der Waals surface area contributed by atoms with E-state index in [1.54, 1.807) is 23.9 Å². The number of anilines is 1. The van der Waals surface area contributed by atoms with Gasteiger partial charge in [-0.3, -0.25) is 14.5 Å². The second kappa shape index (κ2) is 11.8. The SMILES string of the molecule is CC[C@]1(C)C=CC(C(=O)CCC(=O)NCC2CN(c3ccc(C4CNCCS4)c(F)c3)C(=O)O2)=C(C)C1. The number of nitrogens with zero attached hydrogens (tertiary/aromatic N) is 1. The van der Waals surface area contributed by atoms with Gasteiger partial charge in [0.2, 0.25) is 5.91 Å². The van der Waals surface area contributed by atoms with Gasteiger partial charge < -0.3 is 15.4 Å². The van der Waals surface area contributed by atoms with Crippen LogP contribution in [0.5, 0.6) is 0 Å². The molecule has 1 aromatic carbocycles. The van der Waals surface area contributed by atoms with Crippen LogP contribution in [0.1, 0.15) is 57.3 Å². The van der Waals surface area contributed by atoms with Crippen molar-refractivity contribution in [1.82, 2.24) is 10.6 Å². The normalized spacial score (nSPS) is 25.8. The molecule has 0 bridgehead atoms. The maximum absolute atomic E-state index is 14.8. The highest BCUT2D eigenvalue weighted by Gasteiger charge is 2.33. The number of benzene rings is 1. The van der Waals surface area contributed by atoms with E-state index >= 15 is 0 Å². The zero-order chi connectivity index (χ0) is 26.6. The van der Waals surface area contributed by atoms with E-state index in [1.807, 2.05) is 13.0 Å². The van der Waals surface area contributed by atoms with Crippen LogP contribution in [-0.2, 0) is 14.3 Å². The molecule has 2 saturated heterocycles. The van der Waals surface area contributed by atoms with Crippen LogP contribution in [0.3, 0.4) is 0 Å². The largest absolute Gasteiger partial charge is 0.442 e. The first-order valence-corrected chi connectivity index (χ1v) is 14.0. The average molecular weight is 530 g/mol. The lowest BCUT2D eigenvalue weighted by Crippen LogP contribution is -2.34. The number of nitrogens with one attached hydrogen (secondary N) is 2. The molecule has 2 amide bonds. The number of hydrogen-bond donors (Lipinski definition) is 2. The maximum Gasteiger partial charge on any atom is 0.414 e. The van der Waals surface area contributed by atoms with Gasteiger partial charge in [-0.05, 0) is 37.3 Å². The molecule has 1 aromatic rings. The number of carbonyl (C=O) groups excluding carboxylic acids is 3. The second-order valence-electron chi connectivity index (χ2n) is 10.3. The van der Waals surface area contributed by atoms with Gasteiger partial charge in [-0.15, -0.1) is 0 Å². The Morgan fingerprint density at radius 3 is 2.81 bits per heavy atom. The minimum Gasteiger partial charge on any atom is -0.442 e. The van der Waals surface area contributed by atoms with Crippen molar-refractivity contribution in [2.75, 3.05) is 36.8 Å². The van der Waals surface area contributed by atoms with E-state index in [-0.39, 0.29) is 54.1 Å². The zero-order valence-electron chi connectivity index (χ0n) is 21.8. The van der Waals surface area contributed by atoms with E-state index in [4.69, 9.17) is 4.74 Å². The summed E-state index contributed by atoms with van der Waals surface area (Å²) in [5.74, 6) is 0.283. The van der Waals surface area contributed by atoms with Crippen molar-refractivity contribution >= 4 is 35.2 Å². The quantitative estimate of drug-likeness (QED) is 0.483. The van der Waals surface area contributed by atoms with Crippen LogP contribution in [0.2, 0.25) is 0 Å². The summed E-state index contributed by atoms with van der Waals surface area (Å²) in [4.78, 5) is 38.8. The summed E-state index contributed by atoms with van der Waals surface area (Å²) >= 11 is 1.72. The third-order valence-corrected chi connectivity index (χ3v) is 8.70. The molecule has 0 saturated carbocycles. The van der Waals surface area contributed by atoms with Crippen LogP contribution >= 0.6 is 11.8 Å². The molecule has 3 atom stereocenters. The van der Waals surface area contributed by atoms with E-state index in [0.29, 0.717) is 23.4 Å². The fourth-order valence-electron chi connectivity index (χ4n) is 4.99. The summed E-state index contributed by atoms with van der Waals surface area (Å²) in [6.45, 7) is 8.28. The zero-order valence-corrected chi connectivity index (χ0v) is 22.6. The number of rotatable bonds is 9. The Morgan fingerprint density at radius 1 is 1.32 bits per heavy atom. The highest BCUT2D eigenvalue weighted by Crippen LogP contribution is 2.37. The molecular formula is C28H36FN3O4S. The molecule has 9 heteroatoms. The van der Waals surface area contributed by atoms with Gasteiger partial charge in [0, 0.05) is 48.1 Å². The number of hydrogen-bond acceptors (Lipinski definition) is 6. The molecule has 4 rings (SSSR count). The van der Waals surface area contributed by atoms with Crippen molar-refractivity contribution in [2.45, 2.75) is 57.8 Å². The lowest BCUT2D eigenvalue weighted by atomic mass is 9.75. The highest BCUT2D eigenvalue weighted by molar-refractivity contribution is 7.99. The van der Waals surface area contributed by atoms with Gasteiger partial charge in [0.25, 0.3) is 0 Å². The molecule has 200 valence electrons. The Labute approximate surface area is 222 Å². The number of carbonyl (C=O) groups is 3. The first-order chi connectivity index (χ1) is 17.7. The van der Waals surface area contributed by atoms with E-state index in [2.05, 4.69) is 30.6 Å². The summed E-state index contributed by atoms with van der Waals surface area (Å²) in [5, 5.41) is 6.08. The van der Waals surface area contributed by atoms with Crippen LogP contribution in [0, 0.1) is 11.2 Å². The Morgan fingerprint density at radius 2 is 2.14 bits per heavy atom. The fourth-order valence-corrected chi connectivity index (χ4v) is 6.14. The Kier molecular flexibility index (Phi) is 8.75. The minimum atomic E-state index is -0.569.